The number of pyridine rings is 1. The van der Waals surface area contributed by atoms with Crippen LogP contribution in [0.2, 0.25) is 0 Å². The van der Waals surface area contributed by atoms with Crippen LogP contribution in [-0.2, 0) is 0 Å². The minimum absolute atomic E-state index is 0.552. The van der Waals surface area contributed by atoms with E-state index in [0.717, 1.165) is 11.5 Å². The van der Waals surface area contributed by atoms with Gasteiger partial charge in [0.15, 0.2) is 0 Å². The van der Waals surface area contributed by atoms with Crippen molar-refractivity contribution in [1.29, 1.82) is 0 Å². The van der Waals surface area contributed by atoms with Gasteiger partial charge in [-0.3, -0.25) is 4.98 Å². The molecular formula is C11H10NO. The van der Waals surface area contributed by atoms with Crippen LogP contribution in [0.1, 0.15) is 11.7 Å². The van der Waals surface area contributed by atoms with Gasteiger partial charge in [-0.2, -0.15) is 0 Å². The Bertz CT molecular complexity index is 254. The molecule has 0 amide bonds. The summed E-state index contributed by atoms with van der Waals surface area (Å²) in [6.07, 6.45) is 10.4. The van der Waals surface area contributed by atoms with E-state index in [1.54, 1.807) is 12.4 Å². The van der Waals surface area contributed by atoms with Crippen molar-refractivity contribution in [3.8, 4) is 0 Å². The average molecular weight is 172 g/mol. The standard InChI is InChI=1S/C11H10NO/c13-11(9-4-1-2-5-9)10-6-3-7-12-8-10/h1-8,11,13H. The smallest absolute Gasteiger partial charge is 0.0873 e. The second-order valence-corrected chi connectivity index (χ2v) is 2.91. The Balaban J connectivity index is 2.08. The van der Waals surface area contributed by atoms with Crippen LogP contribution >= 0.6 is 0 Å². The minimum Gasteiger partial charge on any atom is -0.388 e. The van der Waals surface area contributed by atoms with Crippen LogP contribution in [0, 0.1) is 31.6 Å². The van der Waals surface area contributed by atoms with Crippen molar-refractivity contribution in [3.05, 3.63) is 61.7 Å². The summed E-state index contributed by atoms with van der Waals surface area (Å²) in [5, 5.41) is 9.84. The van der Waals surface area contributed by atoms with Crippen LogP contribution in [0.4, 0.5) is 0 Å². The van der Waals surface area contributed by atoms with Gasteiger partial charge in [-0.15, -0.1) is 0 Å². The molecule has 65 valence electrons. The topological polar surface area (TPSA) is 33.1 Å². The van der Waals surface area contributed by atoms with Crippen LogP contribution in [0.15, 0.2) is 24.5 Å². The van der Waals surface area contributed by atoms with Gasteiger partial charge in [-0.05, 0) is 37.3 Å². The van der Waals surface area contributed by atoms with Gasteiger partial charge in [-0.25, -0.2) is 0 Å². The Hall–Kier alpha value is -0.890. The molecule has 2 rings (SSSR count). The highest BCUT2D eigenvalue weighted by molar-refractivity contribution is 5.40. The molecule has 2 heteroatoms. The number of nitrogens with zero attached hydrogens (tertiary/aromatic N) is 1. The number of aliphatic hydroxyl groups is 1. The average Bonchev–Trinajstić information content (AvgIpc) is 2.71. The van der Waals surface area contributed by atoms with Gasteiger partial charge in [0.05, 0.1) is 6.10 Å². The van der Waals surface area contributed by atoms with Crippen LogP contribution in [0.5, 0.6) is 0 Å². The van der Waals surface area contributed by atoms with Crippen molar-refractivity contribution in [1.82, 2.24) is 4.98 Å². The monoisotopic (exact) mass is 172 g/mol. The highest BCUT2D eigenvalue weighted by Crippen LogP contribution is 2.34. The number of hydrogen-bond donors (Lipinski definition) is 1. The molecule has 1 unspecified atom stereocenters. The Morgan fingerprint density at radius 1 is 1.23 bits per heavy atom. The van der Waals surface area contributed by atoms with Crippen LogP contribution in [0.3, 0.4) is 0 Å². The van der Waals surface area contributed by atoms with Crippen LogP contribution in [-0.4, -0.2) is 10.1 Å². The molecule has 1 fully saturated rings. The molecule has 1 aromatic heterocycles. The lowest BCUT2D eigenvalue weighted by Crippen LogP contribution is -2.07. The Morgan fingerprint density at radius 2 is 2.00 bits per heavy atom. The van der Waals surface area contributed by atoms with Gasteiger partial charge < -0.3 is 5.11 Å². The number of rotatable bonds is 2. The lowest BCUT2D eigenvalue weighted by molar-refractivity contribution is 0.200. The summed E-state index contributed by atoms with van der Waals surface area (Å²) in [4.78, 5) is 3.96. The normalized spacial score (nSPS) is 20.4. The second kappa shape index (κ2) is 3.88. The van der Waals surface area contributed by atoms with E-state index in [0.29, 0.717) is 0 Å². The summed E-state index contributed by atoms with van der Waals surface area (Å²) in [5.74, 6) is 0.910. The molecule has 1 aromatic rings. The Kier molecular flexibility index (Phi) is 2.60. The van der Waals surface area contributed by atoms with E-state index in [-0.39, 0.29) is 0 Å². The molecule has 1 aliphatic carbocycles. The first kappa shape index (κ1) is 8.70. The second-order valence-electron chi connectivity index (χ2n) is 2.91. The zero-order valence-electron chi connectivity index (χ0n) is 7.09. The van der Waals surface area contributed by atoms with Gasteiger partial charge in [0.25, 0.3) is 0 Å². The third-order valence-electron chi connectivity index (χ3n) is 2.00. The van der Waals surface area contributed by atoms with Crippen LogP contribution < -0.4 is 0 Å². The maximum Gasteiger partial charge on any atom is 0.0873 e. The number of hydrogen-bond acceptors (Lipinski definition) is 2. The predicted octanol–water partition coefficient (Wildman–Crippen LogP) is 1.52. The number of aliphatic hydroxyl groups excluding tert-OH is 1. The molecule has 13 heavy (non-hydrogen) atoms. The molecule has 1 aliphatic rings. The quantitative estimate of drug-likeness (QED) is 0.733. The molecule has 0 bridgehead atoms. The third-order valence-corrected chi connectivity index (χ3v) is 2.00. The maximum absolute atomic E-state index is 9.84. The van der Waals surface area contributed by atoms with Crippen molar-refractivity contribution in [2.24, 2.45) is 0 Å². The van der Waals surface area contributed by atoms with Crippen molar-refractivity contribution in [2.75, 3.05) is 0 Å². The SMILES string of the molecule is OC([C]1[CH][CH][CH][CH]1)c1cccnc1. The summed E-state index contributed by atoms with van der Waals surface area (Å²) >= 11 is 0. The molecule has 5 radical (unpaired) electrons. The fourth-order valence-electron chi connectivity index (χ4n) is 1.30. The van der Waals surface area contributed by atoms with Gasteiger partial charge in [0.1, 0.15) is 0 Å². The first-order valence-corrected chi connectivity index (χ1v) is 4.17. The van der Waals surface area contributed by atoms with E-state index in [2.05, 4.69) is 4.98 Å². The summed E-state index contributed by atoms with van der Waals surface area (Å²) < 4.78 is 0. The zero-order chi connectivity index (χ0) is 9.10. The van der Waals surface area contributed by atoms with E-state index < -0.39 is 6.10 Å². The molecule has 1 heterocycles. The molecule has 2 nitrogen and oxygen atoms in total. The van der Waals surface area contributed by atoms with Crippen LogP contribution in [0.25, 0.3) is 0 Å². The van der Waals surface area contributed by atoms with Crippen molar-refractivity contribution in [2.45, 2.75) is 6.10 Å². The number of aromatic nitrogens is 1. The molecule has 0 spiro atoms. The fourth-order valence-corrected chi connectivity index (χ4v) is 1.30. The first-order valence-electron chi connectivity index (χ1n) is 4.17. The molecule has 0 saturated heterocycles. The van der Waals surface area contributed by atoms with E-state index in [9.17, 15) is 5.11 Å². The minimum atomic E-state index is -0.552. The van der Waals surface area contributed by atoms with Gasteiger partial charge in [0.2, 0.25) is 0 Å². The van der Waals surface area contributed by atoms with E-state index in [4.69, 9.17) is 0 Å². The fraction of sp³-hybridized carbons (Fsp3) is 0.0909. The molecule has 0 aromatic carbocycles. The third kappa shape index (κ3) is 1.89. The summed E-state index contributed by atoms with van der Waals surface area (Å²) in [5.41, 5.74) is 0.828. The molecule has 0 aliphatic heterocycles. The van der Waals surface area contributed by atoms with Gasteiger partial charge in [-0.1, -0.05) is 6.07 Å². The Labute approximate surface area is 78.6 Å². The zero-order valence-corrected chi connectivity index (χ0v) is 7.09. The predicted molar refractivity (Wildman–Crippen MR) is 49.6 cm³/mol. The van der Waals surface area contributed by atoms with Crippen molar-refractivity contribution in [3.63, 3.8) is 0 Å². The summed E-state index contributed by atoms with van der Waals surface area (Å²) in [6.45, 7) is 0. The van der Waals surface area contributed by atoms with E-state index in [1.807, 2.05) is 37.8 Å². The molecule has 1 N–H and O–H groups in total. The first-order chi connectivity index (χ1) is 6.38. The van der Waals surface area contributed by atoms with E-state index in [1.165, 1.54) is 0 Å². The molecular weight excluding hydrogens is 162 g/mol. The highest BCUT2D eigenvalue weighted by atomic mass is 16.3. The van der Waals surface area contributed by atoms with Crippen molar-refractivity contribution < 1.29 is 5.11 Å². The maximum atomic E-state index is 9.84. The lowest BCUT2D eigenvalue weighted by atomic mass is 9.96. The largest absolute Gasteiger partial charge is 0.388 e. The van der Waals surface area contributed by atoms with Crippen molar-refractivity contribution >= 4 is 0 Å². The highest BCUT2D eigenvalue weighted by Gasteiger charge is 2.25. The molecule has 1 saturated carbocycles. The lowest BCUT2D eigenvalue weighted by Gasteiger charge is -2.15. The summed E-state index contributed by atoms with van der Waals surface area (Å²) in [6, 6.07) is 3.69. The van der Waals surface area contributed by atoms with Gasteiger partial charge in [0, 0.05) is 18.3 Å². The van der Waals surface area contributed by atoms with Gasteiger partial charge >= 0.3 is 0 Å². The summed E-state index contributed by atoms with van der Waals surface area (Å²) in [7, 11) is 0. The Morgan fingerprint density at radius 3 is 2.62 bits per heavy atom. The van der Waals surface area contributed by atoms with E-state index >= 15 is 0 Å². The molecule has 1 atom stereocenters.